The van der Waals surface area contributed by atoms with Gasteiger partial charge in [0.15, 0.2) is 5.78 Å². The Labute approximate surface area is 139 Å². The van der Waals surface area contributed by atoms with Gasteiger partial charge in [-0.3, -0.25) is 9.78 Å². The normalized spacial score (nSPS) is 17.6. The van der Waals surface area contributed by atoms with Crippen LogP contribution in [0.5, 0.6) is 0 Å². The van der Waals surface area contributed by atoms with Gasteiger partial charge in [0.1, 0.15) is 0 Å². The van der Waals surface area contributed by atoms with E-state index in [2.05, 4.69) is 34.7 Å². The first-order valence-electron chi connectivity index (χ1n) is 7.41. The molecule has 0 spiro atoms. The van der Waals surface area contributed by atoms with Crippen molar-refractivity contribution in [3.8, 4) is 0 Å². The van der Waals surface area contributed by atoms with Crippen LogP contribution in [0, 0.1) is 5.92 Å². The fraction of sp³-hybridized carbons (Fsp3) is 0.333. The van der Waals surface area contributed by atoms with E-state index in [1.54, 1.807) is 0 Å². The molecule has 1 aliphatic carbocycles. The minimum absolute atomic E-state index is 0.205. The Balaban J connectivity index is 1.81. The number of carbonyl (C=O) groups is 1. The van der Waals surface area contributed by atoms with Gasteiger partial charge in [0, 0.05) is 28.0 Å². The number of halogens is 1. The molecule has 3 rings (SSSR count). The van der Waals surface area contributed by atoms with Gasteiger partial charge in [0.05, 0.1) is 5.69 Å². The van der Waals surface area contributed by atoms with Gasteiger partial charge in [-0.05, 0) is 37.0 Å². The first-order chi connectivity index (χ1) is 10.3. The molecule has 0 amide bonds. The molecular formula is C18H18INO. The van der Waals surface area contributed by atoms with Crippen LogP contribution in [0.25, 0.3) is 0 Å². The second kappa shape index (κ2) is 6.69. The zero-order valence-electron chi connectivity index (χ0n) is 11.9. The minimum Gasteiger partial charge on any atom is -0.294 e. The summed E-state index contributed by atoms with van der Waals surface area (Å²) < 4.78 is 1.04. The van der Waals surface area contributed by atoms with E-state index in [1.165, 1.54) is 5.56 Å². The van der Waals surface area contributed by atoms with E-state index < -0.39 is 0 Å². The van der Waals surface area contributed by atoms with Crippen molar-refractivity contribution >= 4 is 28.4 Å². The molecule has 21 heavy (non-hydrogen) atoms. The van der Waals surface area contributed by atoms with Crippen LogP contribution in [0.15, 0.2) is 42.5 Å². The van der Waals surface area contributed by atoms with E-state index in [0.717, 1.165) is 47.1 Å². The van der Waals surface area contributed by atoms with Crippen molar-refractivity contribution in [1.29, 1.82) is 0 Å². The third kappa shape index (κ3) is 3.34. The van der Waals surface area contributed by atoms with E-state index in [0.29, 0.717) is 5.78 Å². The van der Waals surface area contributed by atoms with Gasteiger partial charge in [-0.2, -0.15) is 0 Å². The van der Waals surface area contributed by atoms with E-state index in [-0.39, 0.29) is 5.92 Å². The SMILES string of the molecule is O=C1c2ccc(Cc3ccccc3)nc2CCC1CCI. The Morgan fingerprint density at radius 2 is 1.95 bits per heavy atom. The number of alkyl halides is 1. The van der Waals surface area contributed by atoms with Crippen LogP contribution in [0.1, 0.15) is 40.2 Å². The van der Waals surface area contributed by atoms with E-state index in [9.17, 15) is 4.79 Å². The number of hydrogen-bond donors (Lipinski definition) is 0. The van der Waals surface area contributed by atoms with Crippen molar-refractivity contribution in [2.75, 3.05) is 4.43 Å². The van der Waals surface area contributed by atoms with Crippen LogP contribution in [0.2, 0.25) is 0 Å². The largest absolute Gasteiger partial charge is 0.294 e. The highest BCUT2D eigenvalue weighted by Crippen LogP contribution is 2.27. The van der Waals surface area contributed by atoms with Crippen LogP contribution in [-0.4, -0.2) is 15.2 Å². The molecule has 0 saturated heterocycles. The molecule has 108 valence electrons. The number of pyridine rings is 1. The third-order valence-corrected chi connectivity index (χ3v) is 4.71. The van der Waals surface area contributed by atoms with Crippen molar-refractivity contribution in [3.63, 3.8) is 0 Å². The number of aryl methyl sites for hydroxylation is 1. The number of fused-ring (bicyclic) bond motifs is 1. The second-order valence-electron chi connectivity index (χ2n) is 5.54. The molecule has 1 aromatic carbocycles. The molecule has 0 bridgehead atoms. The fourth-order valence-corrected chi connectivity index (χ4v) is 3.69. The summed E-state index contributed by atoms with van der Waals surface area (Å²) >= 11 is 2.35. The van der Waals surface area contributed by atoms with Crippen LogP contribution in [-0.2, 0) is 12.8 Å². The molecule has 1 unspecified atom stereocenters. The van der Waals surface area contributed by atoms with Crippen molar-refractivity contribution in [1.82, 2.24) is 4.98 Å². The lowest BCUT2D eigenvalue weighted by Crippen LogP contribution is -2.24. The number of carbonyl (C=O) groups excluding carboxylic acids is 1. The highest BCUT2D eigenvalue weighted by atomic mass is 127. The number of rotatable bonds is 4. The minimum atomic E-state index is 0.205. The maximum atomic E-state index is 12.4. The lowest BCUT2D eigenvalue weighted by atomic mass is 9.83. The number of aromatic nitrogens is 1. The van der Waals surface area contributed by atoms with Gasteiger partial charge < -0.3 is 0 Å². The topological polar surface area (TPSA) is 30.0 Å². The van der Waals surface area contributed by atoms with Gasteiger partial charge in [0.2, 0.25) is 0 Å². The summed E-state index contributed by atoms with van der Waals surface area (Å²) in [7, 11) is 0. The molecule has 0 saturated carbocycles. The van der Waals surface area contributed by atoms with Gasteiger partial charge in [-0.25, -0.2) is 0 Å². The van der Waals surface area contributed by atoms with Crippen LogP contribution >= 0.6 is 22.6 Å². The van der Waals surface area contributed by atoms with Crippen molar-refractivity contribution < 1.29 is 4.79 Å². The number of hydrogen-bond acceptors (Lipinski definition) is 2. The first kappa shape index (κ1) is 14.7. The van der Waals surface area contributed by atoms with Gasteiger partial charge >= 0.3 is 0 Å². The zero-order chi connectivity index (χ0) is 14.7. The van der Waals surface area contributed by atoms with Crippen molar-refractivity contribution in [3.05, 3.63) is 65.0 Å². The molecule has 0 N–H and O–H groups in total. The highest BCUT2D eigenvalue weighted by molar-refractivity contribution is 14.1. The molecule has 0 aliphatic heterocycles. The highest BCUT2D eigenvalue weighted by Gasteiger charge is 2.27. The molecule has 1 heterocycles. The van der Waals surface area contributed by atoms with Gasteiger partial charge in [-0.1, -0.05) is 52.9 Å². The molecule has 3 heteroatoms. The number of nitrogens with zero attached hydrogens (tertiary/aromatic N) is 1. The summed E-state index contributed by atoms with van der Waals surface area (Å²) in [5, 5.41) is 0. The predicted molar refractivity (Wildman–Crippen MR) is 93.1 cm³/mol. The Morgan fingerprint density at radius 1 is 1.14 bits per heavy atom. The van der Waals surface area contributed by atoms with Gasteiger partial charge in [-0.15, -0.1) is 0 Å². The molecule has 1 aromatic heterocycles. The standard InChI is InChI=1S/C18H18INO/c19-11-10-14-6-9-17-16(18(14)21)8-7-15(20-17)12-13-4-2-1-3-5-13/h1-5,7-8,14H,6,9-12H2. The predicted octanol–water partition coefficient (Wildman–Crippen LogP) is 4.24. The maximum Gasteiger partial charge on any atom is 0.167 e. The Kier molecular flexibility index (Phi) is 4.68. The molecule has 0 fully saturated rings. The Morgan fingerprint density at radius 3 is 2.71 bits per heavy atom. The molecule has 0 radical (unpaired) electrons. The van der Waals surface area contributed by atoms with E-state index in [1.807, 2.05) is 30.3 Å². The van der Waals surface area contributed by atoms with Crippen molar-refractivity contribution in [2.45, 2.75) is 25.7 Å². The average molecular weight is 391 g/mol. The average Bonchev–Trinajstić information content (AvgIpc) is 2.51. The molecule has 2 aromatic rings. The maximum absolute atomic E-state index is 12.4. The lowest BCUT2D eigenvalue weighted by Gasteiger charge is -2.22. The Hall–Kier alpha value is -1.23. The van der Waals surface area contributed by atoms with Crippen LogP contribution in [0.4, 0.5) is 0 Å². The van der Waals surface area contributed by atoms with Gasteiger partial charge in [0.25, 0.3) is 0 Å². The van der Waals surface area contributed by atoms with E-state index in [4.69, 9.17) is 4.98 Å². The van der Waals surface area contributed by atoms with Crippen LogP contribution in [0.3, 0.4) is 0 Å². The monoisotopic (exact) mass is 391 g/mol. The summed E-state index contributed by atoms with van der Waals surface area (Å²) in [5.74, 6) is 0.503. The Bertz CT molecular complexity index is 639. The zero-order valence-corrected chi connectivity index (χ0v) is 14.0. The second-order valence-corrected chi connectivity index (χ2v) is 6.62. The molecular weight excluding hydrogens is 373 g/mol. The van der Waals surface area contributed by atoms with E-state index >= 15 is 0 Å². The molecule has 1 atom stereocenters. The summed E-state index contributed by atoms with van der Waals surface area (Å²) in [5.41, 5.74) is 4.17. The molecule has 1 aliphatic rings. The lowest BCUT2D eigenvalue weighted by molar-refractivity contribution is 0.0898. The number of ketones is 1. The summed E-state index contributed by atoms with van der Waals surface area (Å²) in [6.45, 7) is 0. The van der Waals surface area contributed by atoms with Crippen LogP contribution < -0.4 is 0 Å². The third-order valence-electron chi connectivity index (χ3n) is 4.08. The fourth-order valence-electron chi connectivity index (χ4n) is 2.93. The molecule has 2 nitrogen and oxygen atoms in total. The summed E-state index contributed by atoms with van der Waals surface area (Å²) in [4.78, 5) is 17.2. The quantitative estimate of drug-likeness (QED) is 0.577. The summed E-state index contributed by atoms with van der Waals surface area (Å²) in [6, 6.07) is 14.3. The number of benzene rings is 1. The number of Topliss-reactive ketones (excluding diaryl/α,β-unsaturated/α-hetero) is 1. The smallest absolute Gasteiger partial charge is 0.167 e. The summed E-state index contributed by atoms with van der Waals surface area (Å²) in [6.07, 6.45) is 3.71. The first-order valence-corrected chi connectivity index (χ1v) is 8.93. The van der Waals surface area contributed by atoms with Crippen molar-refractivity contribution in [2.24, 2.45) is 5.92 Å².